The number of anilines is 2. The monoisotopic (exact) mass is 298 g/mol. The van der Waals surface area contributed by atoms with E-state index in [1.807, 2.05) is 6.07 Å². The molecule has 0 saturated carbocycles. The largest absolute Gasteiger partial charge is 0.497 e. The zero-order valence-corrected chi connectivity index (χ0v) is 12.6. The first kappa shape index (κ1) is 15.6. The zero-order valence-electron chi connectivity index (χ0n) is 12.6. The number of amides is 1. The molecule has 0 spiro atoms. The first-order valence-corrected chi connectivity index (χ1v) is 6.88. The van der Waals surface area contributed by atoms with E-state index in [0.717, 1.165) is 5.75 Å². The Kier molecular flexibility index (Phi) is 5.14. The van der Waals surface area contributed by atoms with E-state index in [-0.39, 0.29) is 18.2 Å². The maximum absolute atomic E-state index is 11.9. The van der Waals surface area contributed by atoms with Gasteiger partial charge in [0.25, 0.3) is 0 Å². The minimum Gasteiger partial charge on any atom is -0.497 e. The third kappa shape index (κ3) is 4.09. The van der Waals surface area contributed by atoms with Gasteiger partial charge >= 0.3 is 0 Å². The number of rotatable bonds is 6. The Bertz CT molecular complexity index is 666. The third-order valence-electron chi connectivity index (χ3n) is 3.12. The Morgan fingerprint density at radius 3 is 2.36 bits per heavy atom. The fourth-order valence-electron chi connectivity index (χ4n) is 2.00. The zero-order chi connectivity index (χ0) is 15.9. The number of nitrogens with one attached hydrogen (secondary N) is 2. The van der Waals surface area contributed by atoms with E-state index >= 15 is 0 Å². The SMILES string of the molecule is COc1ccc(NC(=O)CNc2ccccc2C(C)=O)cc1. The topological polar surface area (TPSA) is 67.4 Å². The second-order valence-corrected chi connectivity index (χ2v) is 4.73. The van der Waals surface area contributed by atoms with Gasteiger partial charge in [0.2, 0.25) is 5.91 Å². The van der Waals surface area contributed by atoms with Gasteiger partial charge in [-0.2, -0.15) is 0 Å². The Labute approximate surface area is 129 Å². The normalized spacial score (nSPS) is 9.91. The minimum absolute atomic E-state index is 0.0429. The van der Waals surface area contributed by atoms with Crippen molar-refractivity contribution in [1.29, 1.82) is 0 Å². The molecule has 0 unspecified atom stereocenters. The molecule has 0 radical (unpaired) electrons. The first-order valence-electron chi connectivity index (χ1n) is 6.88. The van der Waals surface area contributed by atoms with Crippen molar-refractivity contribution < 1.29 is 14.3 Å². The summed E-state index contributed by atoms with van der Waals surface area (Å²) < 4.78 is 5.06. The summed E-state index contributed by atoms with van der Waals surface area (Å²) in [5.74, 6) is 0.494. The van der Waals surface area contributed by atoms with E-state index in [2.05, 4.69) is 10.6 Å². The van der Waals surface area contributed by atoms with Gasteiger partial charge in [-0.05, 0) is 43.3 Å². The van der Waals surface area contributed by atoms with Crippen LogP contribution >= 0.6 is 0 Å². The molecule has 2 aromatic rings. The van der Waals surface area contributed by atoms with Gasteiger partial charge in [0.15, 0.2) is 5.78 Å². The van der Waals surface area contributed by atoms with Crippen molar-refractivity contribution >= 4 is 23.1 Å². The average molecular weight is 298 g/mol. The number of hydrogen-bond acceptors (Lipinski definition) is 4. The van der Waals surface area contributed by atoms with Crippen molar-refractivity contribution in [2.75, 3.05) is 24.3 Å². The molecule has 5 heteroatoms. The van der Waals surface area contributed by atoms with Crippen LogP contribution in [0.5, 0.6) is 5.75 Å². The molecule has 22 heavy (non-hydrogen) atoms. The summed E-state index contributed by atoms with van der Waals surface area (Å²) >= 11 is 0. The van der Waals surface area contributed by atoms with Gasteiger partial charge in [-0.25, -0.2) is 0 Å². The molecule has 5 nitrogen and oxygen atoms in total. The average Bonchev–Trinajstić information content (AvgIpc) is 2.54. The maximum atomic E-state index is 11.9. The molecule has 0 fully saturated rings. The smallest absolute Gasteiger partial charge is 0.243 e. The lowest BCUT2D eigenvalue weighted by Crippen LogP contribution is -2.22. The molecular weight excluding hydrogens is 280 g/mol. The van der Waals surface area contributed by atoms with Crippen LogP contribution in [-0.2, 0) is 4.79 Å². The predicted octanol–water partition coefficient (Wildman–Crippen LogP) is 2.95. The van der Waals surface area contributed by atoms with Crippen molar-refractivity contribution in [3.63, 3.8) is 0 Å². The number of carbonyl (C=O) groups excluding carboxylic acids is 2. The molecule has 2 aromatic carbocycles. The summed E-state index contributed by atoms with van der Waals surface area (Å²) in [6, 6.07) is 14.2. The number of ketones is 1. The highest BCUT2D eigenvalue weighted by atomic mass is 16.5. The minimum atomic E-state index is -0.191. The molecular formula is C17H18N2O3. The molecule has 2 N–H and O–H groups in total. The summed E-state index contributed by atoms with van der Waals surface area (Å²) in [6.07, 6.45) is 0. The number of hydrogen-bond donors (Lipinski definition) is 2. The van der Waals surface area contributed by atoms with Crippen LogP contribution in [-0.4, -0.2) is 25.3 Å². The van der Waals surface area contributed by atoms with E-state index in [0.29, 0.717) is 16.9 Å². The van der Waals surface area contributed by atoms with Gasteiger partial charge in [0.05, 0.1) is 13.7 Å². The van der Waals surface area contributed by atoms with Gasteiger partial charge in [0, 0.05) is 16.9 Å². The molecule has 0 aliphatic rings. The number of carbonyl (C=O) groups is 2. The predicted molar refractivity (Wildman–Crippen MR) is 86.6 cm³/mol. The Morgan fingerprint density at radius 2 is 1.73 bits per heavy atom. The van der Waals surface area contributed by atoms with Crippen LogP contribution in [0.25, 0.3) is 0 Å². The van der Waals surface area contributed by atoms with Crippen LogP contribution in [0.1, 0.15) is 17.3 Å². The number of ether oxygens (including phenoxy) is 1. The molecule has 0 bridgehead atoms. The van der Waals surface area contributed by atoms with Gasteiger partial charge in [-0.3, -0.25) is 9.59 Å². The molecule has 0 aliphatic carbocycles. The van der Waals surface area contributed by atoms with Crippen LogP contribution in [0.4, 0.5) is 11.4 Å². The standard InChI is InChI=1S/C17H18N2O3/c1-12(20)15-5-3-4-6-16(15)18-11-17(21)19-13-7-9-14(22-2)10-8-13/h3-10,18H,11H2,1-2H3,(H,19,21). The summed E-state index contributed by atoms with van der Waals surface area (Å²) in [5.41, 5.74) is 1.91. The van der Waals surface area contributed by atoms with Crippen molar-refractivity contribution in [3.05, 3.63) is 54.1 Å². The number of Topliss-reactive ketones (excluding diaryl/α,β-unsaturated/α-hetero) is 1. The van der Waals surface area contributed by atoms with E-state index in [1.54, 1.807) is 49.6 Å². The molecule has 0 aliphatic heterocycles. The summed E-state index contributed by atoms with van der Waals surface area (Å²) in [5, 5.41) is 5.75. The second kappa shape index (κ2) is 7.26. The Morgan fingerprint density at radius 1 is 1.05 bits per heavy atom. The number of benzene rings is 2. The summed E-state index contributed by atoms with van der Waals surface area (Å²) in [4.78, 5) is 23.4. The van der Waals surface area contributed by atoms with Gasteiger partial charge in [-0.15, -0.1) is 0 Å². The quantitative estimate of drug-likeness (QED) is 0.805. The molecule has 114 valence electrons. The molecule has 0 aromatic heterocycles. The highest BCUT2D eigenvalue weighted by Crippen LogP contribution is 2.16. The Balaban J connectivity index is 1.94. The third-order valence-corrected chi connectivity index (χ3v) is 3.12. The van der Waals surface area contributed by atoms with Gasteiger partial charge < -0.3 is 15.4 Å². The lowest BCUT2D eigenvalue weighted by molar-refractivity contribution is -0.114. The highest BCUT2D eigenvalue weighted by molar-refractivity contribution is 6.00. The van der Waals surface area contributed by atoms with Crippen LogP contribution < -0.4 is 15.4 Å². The van der Waals surface area contributed by atoms with Crippen molar-refractivity contribution in [1.82, 2.24) is 0 Å². The fourth-order valence-corrected chi connectivity index (χ4v) is 2.00. The summed E-state index contributed by atoms with van der Waals surface area (Å²) in [6.45, 7) is 1.58. The maximum Gasteiger partial charge on any atom is 0.243 e. The van der Waals surface area contributed by atoms with Crippen LogP contribution in [0.2, 0.25) is 0 Å². The molecule has 1 amide bonds. The lowest BCUT2D eigenvalue weighted by Gasteiger charge is -2.10. The van der Waals surface area contributed by atoms with E-state index in [1.165, 1.54) is 6.92 Å². The number of para-hydroxylation sites is 1. The molecule has 0 saturated heterocycles. The van der Waals surface area contributed by atoms with Crippen molar-refractivity contribution in [2.45, 2.75) is 6.92 Å². The van der Waals surface area contributed by atoms with Crippen molar-refractivity contribution in [3.8, 4) is 5.75 Å². The van der Waals surface area contributed by atoms with Gasteiger partial charge in [0.1, 0.15) is 5.75 Å². The van der Waals surface area contributed by atoms with Crippen LogP contribution in [0.3, 0.4) is 0 Å². The van der Waals surface area contributed by atoms with E-state index < -0.39 is 0 Å². The van der Waals surface area contributed by atoms with Gasteiger partial charge in [-0.1, -0.05) is 12.1 Å². The van der Waals surface area contributed by atoms with Crippen molar-refractivity contribution in [2.24, 2.45) is 0 Å². The molecule has 2 rings (SSSR count). The first-order chi connectivity index (χ1) is 10.6. The van der Waals surface area contributed by atoms with Crippen LogP contribution in [0, 0.1) is 0 Å². The summed E-state index contributed by atoms with van der Waals surface area (Å²) in [7, 11) is 1.59. The van der Waals surface area contributed by atoms with E-state index in [9.17, 15) is 9.59 Å². The van der Waals surface area contributed by atoms with E-state index in [4.69, 9.17) is 4.74 Å². The highest BCUT2D eigenvalue weighted by Gasteiger charge is 2.08. The molecule has 0 heterocycles. The second-order valence-electron chi connectivity index (χ2n) is 4.73. The Hall–Kier alpha value is -2.82. The van der Waals surface area contributed by atoms with Crippen LogP contribution in [0.15, 0.2) is 48.5 Å². The number of methoxy groups -OCH3 is 1. The lowest BCUT2D eigenvalue weighted by atomic mass is 10.1. The molecule has 0 atom stereocenters. The fraction of sp³-hybridized carbons (Fsp3) is 0.176.